The molecule has 4 rings (SSSR count). The average molecular weight is 392 g/mol. The van der Waals surface area contributed by atoms with E-state index in [0.29, 0.717) is 23.2 Å². The van der Waals surface area contributed by atoms with Crippen LogP contribution in [0.2, 0.25) is 0 Å². The standard InChI is InChI=1S/C22H20N2O3S/c1-15-11-16(2)21-19(12-15)23-22(28-21)24(13-18-9-6-10-26-18)20(25)14-27-17-7-4-3-5-8-17/h3-12H,13-14H2,1-2H3. The molecule has 0 spiro atoms. The van der Waals surface area contributed by atoms with Crippen LogP contribution in [0.3, 0.4) is 0 Å². The quantitative estimate of drug-likeness (QED) is 0.457. The van der Waals surface area contributed by atoms with Crippen molar-refractivity contribution in [2.45, 2.75) is 20.4 Å². The number of fused-ring (bicyclic) bond motifs is 1. The molecule has 0 aliphatic rings. The zero-order chi connectivity index (χ0) is 19.5. The predicted octanol–water partition coefficient (Wildman–Crippen LogP) is 5.12. The summed E-state index contributed by atoms with van der Waals surface area (Å²) >= 11 is 1.51. The first-order valence-electron chi connectivity index (χ1n) is 8.98. The minimum absolute atomic E-state index is 0.0708. The summed E-state index contributed by atoms with van der Waals surface area (Å²) in [6.07, 6.45) is 1.60. The molecule has 2 heterocycles. The second-order valence-corrected chi connectivity index (χ2v) is 7.57. The van der Waals surface area contributed by atoms with E-state index in [4.69, 9.17) is 14.1 Å². The molecule has 0 radical (unpaired) electrons. The van der Waals surface area contributed by atoms with Crippen LogP contribution in [0.15, 0.2) is 65.3 Å². The number of ether oxygens (including phenoxy) is 1. The number of aromatic nitrogens is 1. The Hall–Kier alpha value is -3.12. The minimum Gasteiger partial charge on any atom is -0.484 e. The highest BCUT2D eigenvalue weighted by Crippen LogP contribution is 2.33. The maximum Gasteiger partial charge on any atom is 0.267 e. The number of rotatable bonds is 6. The first kappa shape index (κ1) is 18.3. The predicted molar refractivity (Wildman–Crippen MR) is 111 cm³/mol. The lowest BCUT2D eigenvalue weighted by Gasteiger charge is -2.19. The van der Waals surface area contributed by atoms with Gasteiger partial charge in [0.2, 0.25) is 0 Å². The van der Waals surface area contributed by atoms with Crippen LogP contribution in [0.5, 0.6) is 5.75 Å². The molecule has 0 aliphatic heterocycles. The van der Waals surface area contributed by atoms with E-state index >= 15 is 0 Å². The van der Waals surface area contributed by atoms with Crippen molar-refractivity contribution in [3.05, 3.63) is 77.7 Å². The van der Waals surface area contributed by atoms with Gasteiger partial charge in [-0.2, -0.15) is 0 Å². The van der Waals surface area contributed by atoms with Gasteiger partial charge < -0.3 is 9.15 Å². The van der Waals surface area contributed by atoms with Gasteiger partial charge in [0.1, 0.15) is 11.5 Å². The summed E-state index contributed by atoms with van der Waals surface area (Å²) < 4.78 is 12.2. The van der Waals surface area contributed by atoms with Crippen LogP contribution in [0, 0.1) is 13.8 Å². The number of aryl methyl sites for hydroxylation is 2. The Morgan fingerprint density at radius 3 is 2.71 bits per heavy atom. The van der Waals surface area contributed by atoms with Gasteiger partial charge in [0.05, 0.1) is 23.0 Å². The van der Waals surface area contributed by atoms with Crippen LogP contribution in [-0.4, -0.2) is 17.5 Å². The highest BCUT2D eigenvalue weighted by atomic mass is 32.1. The fraction of sp³-hybridized carbons (Fsp3) is 0.182. The van der Waals surface area contributed by atoms with E-state index in [1.165, 1.54) is 11.3 Å². The lowest BCUT2D eigenvalue weighted by atomic mass is 10.1. The van der Waals surface area contributed by atoms with Gasteiger partial charge in [-0.1, -0.05) is 35.6 Å². The highest BCUT2D eigenvalue weighted by Gasteiger charge is 2.22. The zero-order valence-electron chi connectivity index (χ0n) is 15.7. The molecule has 0 unspecified atom stereocenters. The van der Waals surface area contributed by atoms with Gasteiger partial charge in [-0.05, 0) is 55.3 Å². The lowest BCUT2D eigenvalue weighted by molar-refractivity contribution is -0.120. The van der Waals surface area contributed by atoms with E-state index in [-0.39, 0.29) is 12.5 Å². The van der Waals surface area contributed by atoms with Crippen LogP contribution >= 0.6 is 11.3 Å². The van der Waals surface area contributed by atoms with Crippen molar-refractivity contribution in [1.29, 1.82) is 0 Å². The number of amides is 1. The van der Waals surface area contributed by atoms with Crippen molar-refractivity contribution in [3.63, 3.8) is 0 Å². The maximum atomic E-state index is 13.0. The molecule has 0 saturated carbocycles. The highest BCUT2D eigenvalue weighted by molar-refractivity contribution is 7.22. The molecule has 0 atom stereocenters. The van der Waals surface area contributed by atoms with Crippen molar-refractivity contribution in [2.24, 2.45) is 0 Å². The van der Waals surface area contributed by atoms with Crippen molar-refractivity contribution < 1.29 is 13.9 Å². The summed E-state index contributed by atoms with van der Waals surface area (Å²) in [6.45, 7) is 4.35. The molecular weight excluding hydrogens is 372 g/mol. The van der Waals surface area contributed by atoms with Crippen LogP contribution < -0.4 is 9.64 Å². The Kier molecular flexibility index (Phi) is 5.12. The van der Waals surface area contributed by atoms with Crippen molar-refractivity contribution in [3.8, 4) is 5.75 Å². The number of hydrogen-bond acceptors (Lipinski definition) is 5. The molecule has 6 heteroatoms. The molecule has 142 valence electrons. The SMILES string of the molecule is Cc1cc(C)c2sc(N(Cc3ccco3)C(=O)COc3ccccc3)nc2c1. The summed E-state index contributed by atoms with van der Waals surface area (Å²) in [6, 6.07) is 17.1. The molecule has 0 aliphatic carbocycles. The summed E-state index contributed by atoms with van der Waals surface area (Å²) in [4.78, 5) is 19.3. The molecule has 0 fully saturated rings. The molecule has 4 aromatic rings. The molecule has 2 aromatic carbocycles. The number of hydrogen-bond donors (Lipinski definition) is 0. The monoisotopic (exact) mass is 392 g/mol. The number of thiazole rings is 1. The third kappa shape index (κ3) is 3.92. The van der Waals surface area contributed by atoms with Gasteiger partial charge in [0.15, 0.2) is 11.7 Å². The lowest BCUT2D eigenvalue weighted by Crippen LogP contribution is -2.34. The summed E-state index contributed by atoms with van der Waals surface area (Å²) in [5.41, 5.74) is 3.21. The molecule has 0 saturated heterocycles. The fourth-order valence-electron chi connectivity index (χ4n) is 3.04. The Morgan fingerprint density at radius 1 is 1.14 bits per heavy atom. The second kappa shape index (κ2) is 7.86. The van der Waals surface area contributed by atoms with Gasteiger partial charge in [-0.25, -0.2) is 4.98 Å². The summed E-state index contributed by atoms with van der Waals surface area (Å²) in [7, 11) is 0. The Balaban J connectivity index is 1.63. The zero-order valence-corrected chi connectivity index (χ0v) is 16.5. The van der Waals surface area contributed by atoms with Crippen LogP contribution in [-0.2, 0) is 11.3 Å². The fourth-order valence-corrected chi connectivity index (χ4v) is 4.07. The van der Waals surface area contributed by atoms with E-state index in [1.54, 1.807) is 11.2 Å². The molecule has 28 heavy (non-hydrogen) atoms. The van der Waals surface area contributed by atoms with E-state index in [9.17, 15) is 4.79 Å². The maximum absolute atomic E-state index is 13.0. The number of benzene rings is 2. The summed E-state index contributed by atoms with van der Waals surface area (Å²) in [5.74, 6) is 1.18. The van der Waals surface area contributed by atoms with Gasteiger partial charge in [-0.15, -0.1) is 0 Å². The van der Waals surface area contributed by atoms with Crippen molar-refractivity contribution in [1.82, 2.24) is 4.98 Å². The largest absolute Gasteiger partial charge is 0.484 e. The average Bonchev–Trinajstić information content (AvgIpc) is 3.34. The second-order valence-electron chi connectivity index (χ2n) is 6.59. The van der Waals surface area contributed by atoms with Crippen molar-refractivity contribution in [2.75, 3.05) is 11.5 Å². The van der Waals surface area contributed by atoms with Crippen LogP contribution in [0.4, 0.5) is 5.13 Å². The number of furan rings is 1. The molecule has 2 aromatic heterocycles. The van der Waals surface area contributed by atoms with Gasteiger partial charge in [0, 0.05) is 0 Å². The van der Waals surface area contributed by atoms with Crippen LogP contribution in [0.1, 0.15) is 16.9 Å². The molecule has 5 nitrogen and oxygen atoms in total. The molecule has 0 bridgehead atoms. The Labute approximate surface area is 167 Å². The normalized spacial score (nSPS) is 10.9. The molecular formula is C22H20N2O3S. The van der Waals surface area contributed by atoms with E-state index in [0.717, 1.165) is 21.3 Å². The smallest absolute Gasteiger partial charge is 0.267 e. The van der Waals surface area contributed by atoms with Gasteiger partial charge in [-0.3, -0.25) is 9.69 Å². The summed E-state index contributed by atoms with van der Waals surface area (Å²) in [5, 5.41) is 0.641. The van der Waals surface area contributed by atoms with E-state index in [2.05, 4.69) is 13.0 Å². The van der Waals surface area contributed by atoms with Crippen LogP contribution in [0.25, 0.3) is 10.2 Å². The molecule has 1 amide bonds. The van der Waals surface area contributed by atoms with Crippen molar-refractivity contribution >= 4 is 32.6 Å². The third-order valence-electron chi connectivity index (χ3n) is 4.34. The third-order valence-corrected chi connectivity index (χ3v) is 5.57. The van der Waals surface area contributed by atoms with Gasteiger partial charge in [0.25, 0.3) is 5.91 Å². The topological polar surface area (TPSA) is 55.6 Å². The first-order valence-corrected chi connectivity index (χ1v) is 9.80. The van der Waals surface area contributed by atoms with E-state index in [1.807, 2.05) is 55.5 Å². The number of anilines is 1. The Morgan fingerprint density at radius 2 is 1.96 bits per heavy atom. The Bertz CT molecular complexity index is 1090. The minimum atomic E-state index is -0.173. The van der Waals surface area contributed by atoms with E-state index < -0.39 is 0 Å². The molecule has 0 N–H and O–H groups in total. The first-order chi connectivity index (χ1) is 13.6. The van der Waals surface area contributed by atoms with Gasteiger partial charge >= 0.3 is 0 Å². The number of para-hydroxylation sites is 1. The number of nitrogens with zero attached hydrogens (tertiary/aromatic N) is 2. The number of carbonyl (C=O) groups is 1. The number of carbonyl (C=O) groups excluding carboxylic acids is 1.